The number of methoxy groups -OCH3 is 1. The fourth-order valence-corrected chi connectivity index (χ4v) is 5.18. The summed E-state index contributed by atoms with van der Waals surface area (Å²) in [6.45, 7) is 13.4. The molecule has 0 aliphatic heterocycles. The number of amides is 1. The molecule has 0 heterocycles. The summed E-state index contributed by atoms with van der Waals surface area (Å²) in [4.78, 5) is 13.2. The van der Waals surface area contributed by atoms with E-state index in [4.69, 9.17) is 4.74 Å². The Morgan fingerprint density at radius 3 is 2.12 bits per heavy atom. The highest BCUT2D eigenvalue weighted by Gasteiger charge is 2.31. The molecule has 0 spiro atoms. The number of hydrogen-bond donors (Lipinski definition) is 1. The minimum atomic E-state index is -3.68. The molecule has 0 aromatic heterocycles. The molecule has 32 heavy (non-hydrogen) atoms. The van der Waals surface area contributed by atoms with Gasteiger partial charge in [0.05, 0.1) is 25.1 Å². The van der Waals surface area contributed by atoms with E-state index in [1.807, 2.05) is 45.9 Å². The summed E-state index contributed by atoms with van der Waals surface area (Å²) >= 11 is 0. The molecule has 2 atom stereocenters. The monoisotopic (exact) mass is 460 g/mol. The van der Waals surface area contributed by atoms with Gasteiger partial charge in [-0.15, -0.1) is 0 Å². The molecule has 0 aliphatic carbocycles. The summed E-state index contributed by atoms with van der Waals surface area (Å²) in [5.41, 5.74) is 5.28. The second kappa shape index (κ2) is 9.94. The summed E-state index contributed by atoms with van der Waals surface area (Å²) in [6.07, 6.45) is 1.13. The molecule has 176 valence electrons. The van der Waals surface area contributed by atoms with Crippen LogP contribution in [0.4, 0.5) is 5.69 Å². The van der Waals surface area contributed by atoms with Gasteiger partial charge in [-0.2, -0.15) is 0 Å². The number of carbonyl (C=O) groups is 1. The van der Waals surface area contributed by atoms with Crippen LogP contribution in [0.25, 0.3) is 0 Å². The van der Waals surface area contributed by atoms with Crippen LogP contribution >= 0.6 is 0 Å². The van der Waals surface area contributed by atoms with Crippen LogP contribution in [-0.2, 0) is 14.8 Å². The zero-order valence-corrected chi connectivity index (χ0v) is 21.4. The van der Waals surface area contributed by atoms with Crippen LogP contribution in [0.2, 0.25) is 0 Å². The summed E-state index contributed by atoms with van der Waals surface area (Å²) in [6, 6.07) is 8.43. The van der Waals surface area contributed by atoms with E-state index in [2.05, 4.69) is 25.2 Å². The summed E-state index contributed by atoms with van der Waals surface area (Å²) < 4.78 is 32.1. The third-order valence-electron chi connectivity index (χ3n) is 5.76. The van der Waals surface area contributed by atoms with Crippen LogP contribution in [0.3, 0.4) is 0 Å². The predicted octanol–water partition coefficient (Wildman–Crippen LogP) is 4.78. The lowest BCUT2D eigenvalue weighted by atomic mass is 9.93. The van der Waals surface area contributed by atoms with Crippen LogP contribution in [0.15, 0.2) is 30.3 Å². The van der Waals surface area contributed by atoms with E-state index in [1.54, 1.807) is 20.1 Å². The van der Waals surface area contributed by atoms with Crippen LogP contribution < -0.4 is 14.4 Å². The molecule has 2 aromatic carbocycles. The Bertz CT molecular complexity index is 1090. The van der Waals surface area contributed by atoms with E-state index in [1.165, 1.54) is 4.31 Å². The van der Waals surface area contributed by atoms with E-state index in [0.717, 1.165) is 39.8 Å². The van der Waals surface area contributed by atoms with Gasteiger partial charge in [0.25, 0.3) is 0 Å². The van der Waals surface area contributed by atoms with E-state index in [0.29, 0.717) is 5.69 Å². The minimum Gasteiger partial charge on any atom is -0.496 e. The number of nitrogens with zero attached hydrogens (tertiary/aromatic N) is 1. The largest absolute Gasteiger partial charge is 0.496 e. The highest BCUT2D eigenvalue weighted by molar-refractivity contribution is 7.92. The molecular formula is C25H36N2O4S. The third-order valence-corrected chi connectivity index (χ3v) is 6.98. The van der Waals surface area contributed by atoms with Crippen molar-refractivity contribution in [2.75, 3.05) is 17.7 Å². The lowest BCUT2D eigenvalue weighted by Gasteiger charge is -2.31. The first kappa shape index (κ1) is 25.7. The van der Waals surface area contributed by atoms with Gasteiger partial charge in [-0.1, -0.05) is 26.0 Å². The molecule has 6 nitrogen and oxygen atoms in total. The summed E-state index contributed by atoms with van der Waals surface area (Å²) in [7, 11) is -2.03. The Labute approximate surface area is 193 Å². The molecule has 1 amide bonds. The van der Waals surface area contributed by atoms with E-state index in [9.17, 15) is 13.2 Å². The molecule has 0 saturated carbocycles. The second-order valence-electron chi connectivity index (χ2n) is 8.86. The number of rotatable bonds is 8. The third kappa shape index (κ3) is 5.63. The number of nitrogens with one attached hydrogen (secondary N) is 1. The number of sulfonamides is 1. The molecule has 0 unspecified atom stereocenters. The van der Waals surface area contributed by atoms with Gasteiger partial charge < -0.3 is 10.1 Å². The van der Waals surface area contributed by atoms with Gasteiger partial charge in [0, 0.05) is 0 Å². The van der Waals surface area contributed by atoms with E-state index >= 15 is 0 Å². The molecule has 0 fully saturated rings. The Hall–Kier alpha value is -2.54. The van der Waals surface area contributed by atoms with Crippen molar-refractivity contribution in [2.24, 2.45) is 0 Å². The Kier molecular flexibility index (Phi) is 7.99. The number of ether oxygens (including phenoxy) is 1. The van der Waals surface area contributed by atoms with Crippen LogP contribution in [0, 0.1) is 20.8 Å². The van der Waals surface area contributed by atoms with Crippen molar-refractivity contribution in [3.05, 3.63) is 58.1 Å². The molecule has 0 saturated heterocycles. The fraction of sp³-hybridized carbons (Fsp3) is 0.480. The first-order valence-electron chi connectivity index (χ1n) is 10.8. The first-order chi connectivity index (χ1) is 14.8. The number of aryl methyl sites for hydroxylation is 3. The number of benzene rings is 2. The van der Waals surface area contributed by atoms with Gasteiger partial charge in [0.15, 0.2) is 0 Å². The number of carbonyl (C=O) groups excluding carboxylic acids is 1. The number of anilines is 1. The average molecular weight is 461 g/mol. The maximum atomic E-state index is 13.2. The average Bonchev–Trinajstić information content (AvgIpc) is 2.68. The Morgan fingerprint density at radius 2 is 1.59 bits per heavy atom. The molecule has 1 N–H and O–H groups in total. The van der Waals surface area contributed by atoms with Gasteiger partial charge in [-0.3, -0.25) is 9.10 Å². The molecular weight excluding hydrogens is 424 g/mol. The normalized spacial score (nSPS) is 13.6. The van der Waals surface area contributed by atoms with Gasteiger partial charge in [-0.05, 0) is 86.6 Å². The zero-order chi connectivity index (χ0) is 24.4. The minimum absolute atomic E-state index is 0.260. The maximum absolute atomic E-state index is 13.2. The molecule has 2 rings (SSSR count). The lowest BCUT2D eigenvalue weighted by molar-refractivity contribution is -0.122. The van der Waals surface area contributed by atoms with Crippen LogP contribution in [0.5, 0.6) is 5.75 Å². The highest BCUT2D eigenvalue weighted by Crippen LogP contribution is 2.32. The molecule has 2 aromatic rings. The van der Waals surface area contributed by atoms with E-state index in [-0.39, 0.29) is 17.9 Å². The highest BCUT2D eigenvalue weighted by atomic mass is 32.2. The van der Waals surface area contributed by atoms with Crippen LogP contribution in [0.1, 0.15) is 67.5 Å². The van der Waals surface area contributed by atoms with Crippen molar-refractivity contribution in [3.63, 3.8) is 0 Å². The van der Waals surface area contributed by atoms with Crippen molar-refractivity contribution in [1.82, 2.24) is 5.32 Å². The Balaban J connectivity index is 2.38. The van der Waals surface area contributed by atoms with Crippen molar-refractivity contribution in [1.29, 1.82) is 0 Å². The quantitative estimate of drug-likeness (QED) is 0.615. The zero-order valence-electron chi connectivity index (χ0n) is 20.6. The topological polar surface area (TPSA) is 75.7 Å². The van der Waals surface area contributed by atoms with Crippen molar-refractivity contribution in [2.45, 2.75) is 66.5 Å². The molecule has 0 aliphatic rings. The second-order valence-corrected chi connectivity index (χ2v) is 10.7. The summed E-state index contributed by atoms with van der Waals surface area (Å²) in [5.74, 6) is 0.729. The molecule has 7 heteroatoms. The number of hydrogen-bond acceptors (Lipinski definition) is 4. The van der Waals surface area contributed by atoms with Gasteiger partial charge in [0.1, 0.15) is 11.8 Å². The van der Waals surface area contributed by atoms with E-state index < -0.39 is 16.1 Å². The standard InChI is InChI=1S/C25H36N2O4S/c1-15(2)21-14-22(18(5)13-24(21)31-8)19(6)26-25(28)20(7)27(32(9,29)30)23-12-16(3)10-11-17(23)4/h10-15,19-20H,1-9H3,(H,26,28)/t19-,20+/m0/s1. The van der Waals surface area contributed by atoms with Gasteiger partial charge in [-0.25, -0.2) is 8.42 Å². The van der Waals surface area contributed by atoms with Crippen molar-refractivity contribution in [3.8, 4) is 5.75 Å². The smallest absolute Gasteiger partial charge is 0.244 e. The van der Waals surface area contributed by atoms with Gasteiger partial charge >= 0.3 is 0 Å². The molecule has 0 bridgehead atoms. The van der Waals surface area contributed by atoms with Crippen LogP contribution in [-0.4, -0.2) is 33.7 Å². The summed E-state index contributed by atoms with van der Waals surface area (Å²) in [5, 5.41) is 3.01. The Morgan fingerprint density at radius 1 is 0.969 bits per heavy atom. The predicted molar refractivity (Wildman–Crippen MR) is 131 cm³/mol. The van der Waals surface area contributed by atoms with Crippen molar-refractivity contribution < 1.29 is 17.9 Å². The SMILES string of the molecule is COc1cc(C)c([C@H](C)NC(=O)[C@@H](C)N(c2cc(C)ccc2C)S(C)(=O)=O)cc1C(C)C. The maximum Gasteiger partial charge on any atom is 0.244 e. The lowest BCUT2D eigenvalue weighted by Crippen LogP contribution is -2.48. The van der Waals surface area contributed by atoms with Gasteiger partial charge in [0.2, 0.25) is 15.9 Å². The fourth-order valence-electron chi connectivity index (χ4n) is 3.96. The molecule has 0 radical (unpaired) electrons. The first-order valence-corrected chi connectivity index (χ1v) is 12.7. The van der Waals surface area contributed by atoms with Crippen molar-refractivity contribution >= 4 is 21.6 Å².